The highest BCUT2D eigenvalue weighted by molar-refractivity contribution is 5.68. The number of halogens is 1. The fraction of sp³-hybridized carbons (Fsp3) is 0.176. The minimum Gasteiger partial charge on any atom is -0.325 e. The number of hydrogen-bond donors (Lipinski definition) is 1. The molecule has 0 radical (unpaired) electrons. The third kappa shape index (κ3) is 2.83. The first-order valence-electron chi connectivity index (χ1n) is 7.11. The molecule has 0 bridgehead atoms. The summed E-state index contributed by atoms with van der Waals surface area (Å²) in [6.45, 7) is 3.90. The molecule has 2 heterocycles. The zero-order valence-electron chi connectivity index (χ0n) is 12.5. The fourth-order valence-electron chi connectivity index (χ4n) is 2.35. The van der Waals surface area contributed by atoms with Crippen LogP contribution < -0.4 is 5.32 Å². The first-order valence-corrected chi connectivity index (χ1v) is 7.11. The summed E-state index contributed by atoms with van der Waals surface area (Å²) in [4.78, 5) is 4.10. The van der Waals surface area contributed by atoms with Gasteiger partial charge in [0.25, 0.3) is 0 Å². The molecule has 0 saturated heterocycles. The maximum absolute atomic E-state index is 13.2. The number of nitrogens with one attached hydrogen (secondary N) is 1. The third-order valence-corrected chi connectivity index (χ3v) is 3.52. The zero-order chi connectivity index (χ0) is 15.5. The summed E-state index contributed by atoms with van der Waals surface area (Å²) in [6, 6.07) is 3.33. The molecule has 112 valence electrons. The summed E-state index contributed by atoms with van der Waals surface area (Å²) in [6.07, 6.45) is 12.0. The standard InChI is InChI=1S/C17H17FN4/c1-12-6-4-3-5-7-15(12)22-16(8-9-20-22)21-17-13(2)10-14(18)11-19-17/h3-5,7-11H,6H2,1-2H3,(H,19,21). The number of rotatable bonds is 3. The molecule has 0 amide bonds. The average Bonchev–Trinajstić information content (AvgIpc) is 2.83. The normalized spacial score (nSPS) is 14.3. The maximum atomic E-state index is 13.2. The molecular formula is C17H17FN4. The van der Waals surface area contributed by atoms with Gasteiger partial charge in [-0.15, -0.1) is 0 Å². The van der Waals surface area contributed by atoms with Crippen LogP contribution in [0.15, 0.2) is 54.4 Å². The highest BCUT2D eigenvalue weighted by atomic mass is 19.1. The first-order chi connectivity index (χ1) is 10.6. The summed E-state index contributed by atoms with van der Waals surface area (Å²) in [5, 5.41) is 7.61. The number of allylic oxidation sites excluding steroid dienone is 6. The van der Waals surface area contributed by atoms with E-state index in [1.54, 1.807) is 6.20 Å². The van der Waals surface area contributed by atoms with Gasteiger partial charge in [-0.2, -0.15) is 5.10 Å². The third-order valence-electron chi connectivity index (χ3n) is 3.52. The number of pyridine rings is 1. The van der Waals surface area contributed by atoms with E-state index in [9.17, 15) is 4.39 Å². The van der Waals surface area contributed by atoms with Gasteiger partial charge in [0, 0.05) is 6.07 Å². The second kappa shape index (κ2) is 5.97. The van der Waals surface area contributed by atoms with Gasteiger partial charge in [-0.1, -0.05) is 18.2 Å². The SMILES string of the molecule is CC1=C(n2nccc2Nc2ncc(F)cc2C)C=CC=CC1. The van der Waals surface area contributed by atoms with Crippen molar-refractivity contribution in [3.8, 4) is 0 Å². The van der Waals surface area contributed by atoms with E-state index in [-0.39, 0.29) is 5.82 Å². The molecule has 1 aliphatic carbocycles. The van der Waals surface area contributed by atoms with Crippen molar-refractivity contribution in [2.24, 2.45) is 0 Å². The lowest BCUT2D eigenvalue weighted by atomic mass is 10.2. The van der Waals surface area contributed by atoms with Gasteiger partial charge in [0.05, 0.1) is 18.1 Å². The molecule has 0 saturated carbocycles. The van der Waals surface area contributed by atoms with Gasteiger partial charge < -0.3 is 5.32 Å². The van der Waals surface area contributed by atoms with Crippen LogP contribution in [0.5, 0.6) is 0 Å². The lowest BCUT2D eigenvalue weighted by Crippen LogP contribution is -2.06. The summed E-state index contributed by atoms with van der Waals surface area (Å²) >= 11 is 0. The summed E-state index contributed by atoms with van der Waals surface area (Å²) < 4.78 is 15.0. The Morgan fingerprint density at radius 3 is 2.95 bits per heavy atom. The minimum absolute atomic E-state index is 0.340. The number of aromatic nitrogens is 3. The van der Waals surface area contributed by atoms with Crippen molar-refractivity contribution in [1.82, 2.24) is 14.8 Å². The van der Waals surface area contributed by atoms with Crippen molar-refractivity contribution < 1.29 is 4.39 Å². The highest BCUT2D eigenvalue weighted by Gasteiger charge is 2.11. The predicted octanol–water partition coefficient (Wildman–Crippen LogP) is 4.22. The zero-order valence-corrected chi connectivity index (χ0v) is 12.5. The van der Waals surface area contributed by atoms with Gasteiger partial charge in [0.1, 0.15) is 17.5 Å². The topological polar surface area (TPSA) is 42.7 Å². The Labute approximate surface area is 128 Å². The van der Waals surface area contributed by atoms with E-state index in [4.69, 9.17) is 0 Å². The second-order valence-corrected chi connectivity index (χ2v) is 5.23. The Morgan fingerprint density at radius 1 is 1.27 bits per heavy atom. The molecule has 2 aromatic rings. The van der Waals surface area contributed by atoms with Crippen LogP contribution in [-0.2, 0) is 0 Å². The maximum Gasteiger partial charge on any atom is 0.141 e. The van der Waals surface area contributed by atoms with Crippen molar-refractivity contribution in [2.45, 2.75) is 20.3 Å². The number of anilines is 2. The Kier molecular flexibility index (Phi) is 3.87. The molecule has 0 aliphatic heterocycles. The molecule has 4 nitrogen and oxygen atoms in total. The lowest BCUT2D eigenvalue weighted by molar-refractivity contribution is 0.620. The van der Waals surface area contributed by atoms with Crippen LogP contribution in [0.4, 0.5) is 16.0 Å². The van der Waals surface area contributed by atoms with Crippen LogP contribution in [-0.4, -0.2) is 14.8 Å². The molecule has 0 aromatic carbocycles. The number of nitrogens with zero attached hydrogens (tertiary/aromatic N) is 3. The Balaban J connectivity index is 1.96. The van der Waals surface area contributed by atoms with E-state index in [2.05, 4.69) is 28.4 Å². The number of aryl methyl sites for hydroxylation is 1. The largest absolute Gasteiger partial charge is 0.325 e. The van der Waals surface area contributed by atoms with Crippen molar-refractivity contribution >= 4 is 17.3 Å². The van der Waals surface area contributed by atoms with Gasteiger partial charge in [-0.05, 0) is 43.5 Å². The number of hydrogen-bond acceptors (Lipinski definition) is 3. The van der Waals surface area contributed by atoms with Gasteiger partial charge >= 0.3 is 0 Å². The van der Waals surface area contributed by atoms with Crippen molar-refractivity contribution in [3.05, 3.63) is 65.8 Å². The predicted molar refractivity (Wildman–Crippen MR) is 86.2 cm³/mol. The van der Waals surface area contributed by atoms with Crippen molar-refractivity contribution in [2.75, 3.05) is 5.32 Å². The van der Waals surface area contributed by atoms with Crippen LogP contribution in [0.3, 0.4) is 0 Å². The molecule has 0 spiro atoms. The smallest absolute Gasteiger partial charge is 0.141 e. The van der Waals surface area contributed by atoms with Crippen LogP contribution in [0.2, 0.25) is 0 Å². The molecule has 1 aliphatic rings. The second-order valence-electron chi connectivity index (χ2n) is 5.23. The summed E-state index contributed by atoms with van der Waals surface area (Å²) in [7, 11) is 0. The van der Waals surface area contributed by atoms with Crippen LogP contribution in [0, 0.1) is 12.7 Å². The first kappa shape index (κ1) is 14.3. The molecule has 0 fully saturated rings. The molecule has 22 heavy (non-hydrogen) atoms. The quantitative estimate of drug-likeness (QED) is 0.922. The Hall–Kier alpha value is -2.69. The Bertz CT molecular complexity index is 784. The van der Waals surface area contributed by atoms with Crippen LogP contribution in [0.1, 0.15) is 18.9 Å². The molecule has 5 heteroatoms. The summed E-state index contributed by atoms with van der Waals surface area (Å²) in [5.74, 6) is 1.08. The average molecular weight is 296 g/mol. The van der Waals surface area contributed by atoms with Crippen LogP contribution in [0.25, 0.3) is 5.70 Å². The van der Waals surface area contributed by atoms with Crippen LogP contribution >= 0.6 is 0 Å². The van der Waals surface area contributed by atoms with E-state index in [1.807, 2.05) is 35.9 Å². The lowest BCUT2D eigenvalue weighted by Gasteiger charge is -2.13. The van der Waals surface area contributed by atoms with E-state index in [0.717, 1.165) is 23.5 Å². The minimum atomic E-state index is -0.340. The molecular weight excluding hydrogens is 279 g/mol. The Morgan fingerprint density at radius 2 is 2.14 bits per heavy atom. The monoisotopic (exact) mass is 296 g/mol. The fourth-order valence-corrected chi connectivity index (χ4v) is 2.35. The van der Waals surface area contributed by atoms with E-state index >= 15 is 0 Å². The molecule has 0 atom stereocenters. The highest BCUT2D eigenvalue weighted by Crippen LogP contribution is 2.25. The molecule has 0 unspecified atom stereocenters. The molecule has 1 N–H and O–H groups in total. The van der Waals surface area contributed by atoms with Crippen molar-refractivity contribution in [3.63, 3.8) is 0 Å². The van der Waals surface area contributed by atoms with E-state index < -0.39 is 0 Å². The molecule has 3 rings (SSSR count). The van der Waals surface area contributed by atoms with E-state index in [0.29, 0.717) is 5.82 Å². The van der Waals surface area contributed by atoms with Crippen molar-refractivity contribution in [1.29, 1.82) is 0 Å². The van der Waals surface area contributed by atoms with Gasteiger partial charge in [0.2, 0.25) is 0 Å². The summed E-state index contributed by atoms with van der Waals surface area (Å²) in [5.41, 5.74) is 2.99. The molecule has 2 aromatic heterocycles. The van der Waals surface area contributed by atoms with Gasteiger partial charge in [-0.3, -0.25) is 0 Å². The van der Waals surface area contributed by atoms with E-state index in [1.165, 1.54) is 17.8 Å². The van der Waals surface area contributed by atoms with Gasteiger partial charge in [0.15, 0.2) is 0 Å². The van der Waals surface area contributed by atoms with Gasteiger partial charge in [-0.25, -0.2) is 14.1 Å².